The van der Waals surface area contributed by atoms with Crippen LogP contribution in [0.25, 0.3) is 22.3 Å². The summed E-state index contributed by atoms with van der Waals surface area (Å²) >= 11 is 0. The van der Waals surface area contributed by atoms with Gasteiger partial charge in [0.25, 0.3) is 6.17 Å². The van der Waals surface area contributed by atoms with Crippen molar-refractivity contribution in [1.29, 1.82) is 0 Å². The molecular weight excluding hydrogens is 490 g/mol. The third-order valence-corrected chi connectivity index (χ3v) is 7.17. The zero-order valence-corrected chi connectivity index (χ0v) is 20.6. The second-order valence-corrected chi connectivity index (χ2v) is 9.77. The molecule has 1 atom stereocenters. The molecule has 0 aliphatic heterocycles. The van der Waals surface area contributed by atoms with Crippen molar-refractivity contribution in [3.05, 3.63) is 78.4 Å². The Balaban J connectivity index is 1.49. The molecular formula is C30H30F6O. The first kappa shape index (κ1) is 27.1. The monoisotopic (exact) mass is 520 g/mol. The lowest BCUT2D eigenvalue weighted by atomic mass is 9.77. The maximum Gasteiger partial charge on any atom is 0.439 e. The van der Waals surface area contributed by atoms with Gasteiger partial charge in [-0.3, -0.25) is 0 Å². The average molecular weight is 521 g/mol. The molecule has 1 fully saturated rings. The van der Waals surface area contributed by atoms with E-state index < -0.39 is 24.2 Å². The van der Waals surface area contributed by atoms with Gasteiger partial charge in [-0.15, -0.1) is 0 Å². The van der Waals surface area contributed by atoms with Crippen molar-refractivity contribution in [3.63, 3.8) is 0 Å². The second-order valence-electron chi connectivity index (χ2n) is 9.77. The van der Waals surface area contributed by atoms with Gasteiger partial charge in [-0.2, -0.15) is 22.0 Å². The Bertz CT molecular complexity index is 1150. The first-order chi connectivity index (χ1) is 17.6. The maximum atomic E-state index is 13.6. The van der Waals surface area contributed by atoms with E-state index in [0.29, 0.717) is 11.5 Å². The number of halogens is 6. The minimum absolute atomic E-state index is 0.559. The van der Waals surface area contributed by atoms with Crippen LogP contribution in [0, 0.1) is 5.92 Å². The molecule has 1 nitrogen and oxygen atoms in total. The number of rotatable bonds is 8. The first-order valence-corrected chi connectivity index (χ1v) is 12.7. The van der Waals surface area contributed by atoms with Crippen molar-refractivity contribution in [2.75, 3.05) is 0 Å². The number of ether oxygens (including phenoxy) is 1. The van der Waals surface area contributed by atoms with E-state index in [2.05, 4.69) is 35.9 Å². The number of hydrogen-bond acceptors (Lipinski definition) is 1. The van der Waals surface area contributed by atoms with Crippen LogP contribution in [-0.4, -0.2) is 18.5 Å². The van der Waals surface area contributed by atoms with Crippen molar-refractivity contribution in [2.45, 2.75) is 69.8 Å². The molecule has 7 heteroatoms. The Kier molecular flexibility index (Phi) is 8.20. The summed E-state index contributed by atoms with van der Waals surface area (Å²) in [5.74, 6) is 0.860. The zero-order chi connectivity index (χ0) is 26.6. The van der Waals surface area contributed by atoms with Crippen LogP contribution in [0.1, 0.15) is 56.9 Å². The SMILES string of the molecule is CCCC1CCC(c2ccc(-c3ccccc3-c3ccc(OC(F)(F)C(F)C(F)(F)F)cc3)cc2)CC1. The molecule has 1 aliphatic rings. The third-order valence-electron chi connectivity index (χ3n) is 7.17. The van der Waals surface area contributed by atoms with Gasteiger partial charge in [-0.05, 0) is 77.5 Å². The van der Waals surface area contributed by atoms with E-state index >= 15 is 0 Å². The van der Waals surface area contributed by atoms with E-state index in [0.717, 1.165) is 34.7 Å². The summed E-state index contributed by atoms with van der Waals surface area (Å²) in [6.07, 6.45) is -7.67. The highest BCUT2D eigenvalue weighted by Gasteiger charge is 2.59. The molecule has 0 amide bonds. The Morgan fingerprint density at radius 3 is 1.76 bits per heavy atom. The second kappa shape index (κ2) is 11.2. The summed E-state index contributed by atoms with van der Waals surface area (Å²) in [5, 5.41) is 0. The minimum Gasteiger partial charge on any atom is -0.430 e. The fourth-order valence-electron chi connectivity index (χ4n) is 5.22. The summed E-state index contributed by atoms with van der Waals surface area (Å²) in [7, 11) is 0. The van der Waals surface area contributed by atoms with Gasteiger partial charge in [0.1, 0.15) is 5.75 Å². The Labute approximate surface area is 213 Å². The number of benzene rings is 3. The first-order valence-electron chi connectivity index (χ1n) is 12.7. The number of alkyl halides is 6. The van der Waals surface area contributed by atoms with Gasteiger partial charge in [0, 0.05) is 0 Å². The van der Waals surface area contributed by atoms with E-state index in [1.165, 1.54) is 56.2 Å². The average Bonchev–Trinajstić information content (AvgIpc) is 2.89. The van der Waals surface area contributed by atoms with Gasteiger partial charge >= 0.3 is 12.3 Å². The van der Waals surface area contributed by atoms with Crippen molar-refractivity contribution >= 4 is 0 Å². The van der Waals surface area contributed by atoms with Crippen molar-refractivity contribution in [2.24, 2.45) is 5.92 Å². The summed E-state index contributed by atoms with van der Waals surface area (Å²) < 4.78 is 81.6. The standard InChI is InChI=1S/C30H30F6O/c1-2-5-20-8-10-21(11-9-20)22-12-14-23(15-13-22)26-6-3-4-7-27(26)24-16-18-25(19-17-24)37-30(35,36)28(31)29(32,33)34/h3-4,6-7,12-21,28H,2,5,8-11H2,1H3. The molecule has 0 bridgehead atoms. The highest BCUT2D eigenvalue weighted by Crippen LogP contribution is 2.40. The Morgan fingerprint density at radius 2 is 1.27 bits per heavy atom. The lowest BCUT2D eigenvalue weighted by Crippen LogP contribution is -2.45. The molecule has 3 aromatic carbocycles. The van der Waals surface area contributed by atoms with Crippen LogP contribution in [-0.2, 0) is 0 Å². The Morgan fingerprint density at radius 1 is 0.757 bits per heavy atom. The third kappa shape index (κ3) is 6.49. The molecule has 198 valence electrons. The summed E-state index contributed by atoms with van der Waals surface area (Å²) in [5.41, 5.74) is 4.75. The van der Waals surface area contributed by atoms with Crippen LogP contribution in [0.3, 0.4) is 0 Å². The minimum atomic E-state index is -5.73. The van der Waals surface area contributed by atoms with Crippen LogP contribution in [0.15, 0.2) is 72.8 Å². The molecule has 0 N–H and O–H groups in total. The van der Waals surface area contributed by atoms with Crippen LogP contribution < -0.4 is 4.74 Å². The fraction of sp³-hybridized carbons (Fsp3) is 0.400. The maximum absolute atomic E-state index is 13.6. The van der Waals surface area contributed by atoms with E-state index in [1.807, 2.05) is 24.3 Å². The van der Waals surface area contributed by atoms with Crippen LogP contribution in [0.5, 0.6) is 5.75 Å². The van der Waals surface area contributed by atoms with Gasteiger partial charge in [0.2, 0.25) is 0 Å². The zero-order valence-electron chi connectivity index (χ0n) is 20.6. The predicted octanol–water partition coefficient (Wildman–Crippen LogP) is 9.97. The Hall–Kier alpha value is -2.96. The molecule has 0 heterocycles. The molecule has 1 unspecified atom stereocenters. The van der Waals surface area contributed by atoms with Gasteiger partial charge in [-0.25, -0.2) is 4.39 Å². The largest absolute Gasteiger partial charge is 0.439 e. The summed E-state index contributed by atoms with van der Waals surface area (Å²) in [6, 6.07) is 21.2. The normalized spacial score (nSPS) is 19.4. The van der Waals surface area contributed by atoms with E-state index in [9.17, 15) is 26.3 Å². The molecule has 37 heavy (non-hydrogen) atoms. The molecule has 1 saturated carbocycles. The molecule has 3 aromatic rings. The van der Waals surface area contributed by atoms with E-state index in [-0.39, 0.29) is 0 Å². The van der Waals surface area contributed by atoms with Gasteiger partial charge in [0.15, 0.2) is 0 Å². The van der Waals surface area contributed by atoms with Crippen molar-refractivity contribution in [1.82, 2.24) is 0 Å². The van der Waals surface area contributed by atoms with Crippen LogP contribution in [0.2, 0.25) is 0 Å². The highest BCUT2D eigenvalue weighted by atomic mass is 19.4. The quantitative estimate of drug-likeness (QED) is 0.269. The molecule has 0 aromatic heterocycles. The summed E-state index contributed by atoms with van der Waals surface area (Å²) in [6.45, 7) is 2.24. The molecule has 0 spiro atoms. The molecule has 0 saturated heterocycles. The van der Waals surface area contributed by atoms with E-state index in [4.69, 9.17) is 0 Å². The smallest absolute Gasteiger partial charge is 0.430 e. The lowest BCUT2D eigenvalue weighted by Gasteiger charge is -2.28. The molecule has 1 aliphatic carbocycles. The van der Waals surface area contributed by atoms with Gasteiger partial charge in [-0.1, -0.05) is 80.4 Å². The van der Waals surface area contributed by atoms with Crippen LogP contribution in [0.4, 0.5) is 26.3 Å². The lowest BCUT2D eigenvalue weighted by molar-refractivity contribution is -0.304. The highest BCUT2D eigenvalue weighted by molar-refractivity contribution is 5.83. The number of hydrogen-bond donors (Lipinski definition) is 0. The predicted molar refractivity (Wildman–Crippen MR) is 133 cm³/mol. The topological polar surface area (TPSA) is 9.23 Å². The molecule has 0 radical (unpaired) electrons. The van der Waals surface area contributed by atoms with E-state index in [1.54, 1.807) is 0 Å². The van der Waals surface area contributed by atoms with Crippen LogP contribution >= 0.6 is 0 Å². The summed E-state index contributed by atoms with van der Waals surface area (Å²) in [4.78, 5) is 0. The van der Waals surface area contributed by atoms with Crippen molar-refractivity contribution in [3.8, 4) is 28.0 Å². The molecule has 4 rings (SSSR count). The fourth-order valence-corrected chi connectivity index (χ4v) is 5.22. The van der Waals surface area contributed by atoms with Crippen molar-refractivity contribution < 1.29 is 31.1 Å². The van der Waals surface area contributed by atoms with Gasteiger partial charge in [0.05, 0.1) is 0 Å². The van der Waals surface area contributed by atoms with Gasteiger partial charge < -0.3 is 4.74 Å².